The van der Waals surface area contributed by atoms with E-state index in [0.717, 1.165) is 30.2 Å². The molecule has 2 aromatic rings. The number of hydrogen-bond acceptors (Lipinski definition) is 3. The molecule has 21 heavy (non-hydrogen) atoms. The van der Waals surface area contributed by atoms with Crippen LogP contribution in [0.3, 0.4) is 0 Å². The second-order valence-corrected chi connectivity index (χ2v) is 5.31. The van der Waals surface area contributed by atoms with Crippen molar-refractivity contribution in [1.82, 2.24) is 0 Å². The molecule has 0 aromatic heterocycles. The lowest BCUT2D eigenvalue weighted by Crippen LogP contribution is -2.13. The molecule has 0 unspecified atom stereocenters. The zero-order valence-electron chi connectivity index (χ0n) is 11.9. The first-order chi connectivity index (χ1) is 10.3. The highest BCUT2D eigenvalue weighted by molar-refractivity contribution is 6.17. The Labute approximate surface area is 124 Å². The van der Waals surface area contributed by atoms with Crippen molar-refractivity contribution in [3.63, 3.8) is 0 Å². The van der Waals surface area contributed by atoms with Crippen LogP contribution in [-0.2, 0) is 6.42 Å². The number of rotatable bonds is 2. The highest BCUT2D eigenvalue weighted by atomic mass is 16.5. The molecule has 4 rings (SSSR count). The third-order valence-corrected chi connectivity index (χ3v) is 4.09. The smallest absolute Gasteiger partial charge is 0.129 e. The molecule has 104 valence electrons. The third kappa shape index (κ3) is 2.02. The first-order valence-electron chi connectivity index (χ1n) is 7.11. The second-order valence-electron chi connectivity index (χ2n) is 5.31. The largest absolute Gasteiger partial charge is 0.497 e. The van der Waals surface area contributed by atoms with Gasteiger partial charge in [-0.2, -0.15) is 0 Å². The Kier molecular flexibility index (Phi) is 2.78. The van der Waals surface area contributed by atoms with Crippen LogP contribution < -0.4 is 10.1 Å². The highest BCUT2D eigenvalue weighted by Gasteiger charge is 2.28. The van der Waals surface area contributed by atoms with E-state index >= 15 is 0 Å². The maximum atomic E-state index is 5.32. The van der Waals surface area contributed by atoms with Gasteiger partial charge in [0.05, 0.1) is 13.7 Å². The number of para-hydroxylation sites is 1. The number of benzene rings is 2. The van der Waals surface area contributed by atoms with Gasteiger partial charge in [-0.15, -0.1) is 0 Å². The quantitative estimate of drug-likeness (QED) is 0.910. The molecule has 1 aliphatic heterocycles. The monoisotopic (exact) mass is 276 g/mol. The molecule has 0 spiro atoms. The number of amidine groups is 1. The van der Waals surface area contributed by atoms with Gasteiger partial charge >= 0.3 is 0 Å². The number of hydrogen-bond donors (Lipinski definition) is 1. The first kappa shape index (κ1) is 12.2. The van der Waals surface area contributed by atoms with E-state index in [4.69, 9.17) is 4.74 Å². The zero-order chi connectivity index (χ0) is 14.2. The summed E-state index contributed by atoms with van der Waals surface area (Å²) in [5.41, 5.74) is 6.41. The van der Waals surface area contributed by atoms with Gasteiger partial charge in [0.15, 0.2) is 0 Å². The average Bonchev–Trinajstić information content (AvgIpc) is 3.07. The van der Waals surface area contributed by atoms with Crippen molar-refractivity contribution in [2.75, 3.05) is 19.0 Å². The number of methoxy groups -OCH3 is 1. The summed E-state index contributed by atoms with van der Waals surface area (Å²) in [6, 6.07) is 16.5. The lowest BCUT2D eigenvalue weighted by Gasteiger charge is -2.09. The van der Waals surface area contributed by atoms with Crippen molar-refractivity contribution < 1.29 is 4.74 Å². The normalized spacial score (nSPS) is 15.6. The van der Waals surface area contributed by atoms with Crippen molar-refractivity contribution in [3.05, 3.63) is 65.2 Å². The van der Waals surface area contributed by atoms with Gasteiger partial charge in [-0.1, -0.05) is 24.3 Å². The predicted octanol–water partition coefficient (Wildman–Crippen LogP) is 3.53. The van der Waals surface area contributed by atoms with Gasteiger partial charge in [0.2, 0.25) is 0 Å². The fourth-order valence-corrected chi connectivity index (χ4v) is 3.03. The Morgan fingerprint density at radius 3 is 2.71 bits per heavy atom. The van der Waals surface area contributed by atoms with E-state index in [9.17, 15) is 0 Å². The summed E-state index contributed by atoms with van der Waals surface area (Å²) in [7, 11) is 1.71. The van der Waals surface area contributed by atoms with Crippen LogP contribution in [0.5, 0.6) is 5.75 Å². The summed E-state index contributed by atoms with van der Waals surface area (Å²) >= 11 is 0. The molecule has 0 fully saturated rings. The molecule has 0 amide bonds. The summed E-state index contributed by atoms with van der Waals surface area (Å²) in [5, 5.41) is 3.44. The fourth-order valence-electron chi connectivity index (χ4n) is 3.03. The topological polar surface area (TPSA) is 33.6 Å². The van der Waals surface area contributed by atoms with E-state index in [1.165, 1.54) is 22.3 Å². The Morgan fingerprint density at radius 1 is 1.05 bits per heavy atom. The molecule has 3 nitrogen and oxygen atoms in total. The van der Waals surface area contributed by atoms with Crippen LogP contribution in [0.2, 0.25) is 0 Å². The van der Waals surface area contributed by atoms with E-state index in [2.05, 4.69) is 34.6 Å². The number of nitrogens with zero attached hydrogens (tertiary/aromatic N) is 1. The molecule has 2 aromatic carbocycles. The molecule has 0 saturated heterocycles. The summed E-state index contributed by atoms with van der Waals surface area (Å²) in [6.07, 6.45) is 0.931. The van der Waals surface area contributed by atoms with E-state index in [-0.39, 0.29) is 0 Å². The lowest BCUT2D eigenvalue weighted by molar-refractivity contribution is 0.414. The minimum Gasteiger partial charge on any atom is -0.497 e. The Balaban J connectivity index is 1.62. The van der Waals surface area contributed by atoms with E-state index in [0.29, 0.717) is 0 Å². The molecular formula is C18H16N2O. The Morgan fingerprint density at radius 2 is 1.90 bits per heavy atom. The zero-order valence-corrected chi connectivity index (χ0v) is 11.9. The van der Waals surface area contributed by atoms with Crippen LogP contribution in [0.4, 0.5) is 5.69 Å². The molecule has 0 radical (unpaired) electrons. The van der Waals surface area contributed by atoms with Gasteiger partial charge in [-0.25, -0.2) is 0 Å². The minimum atomic E-state index is 0.768. The van der Waals surface area contributed by atoms with Crippen molar-refractivity contribution in [3.8, 4) is 5.75 Å². The Bertz CT molecular complexity index is 760. The van der Waals surface area contributed by atoms with Crippen LogP contribution in [0.1, 0.15) is 11.1 Å². The maximum Gasteiger partial charge on any atom is 0.129 e. The number of nitrogens with one attached hydrogen (secondary N) is 1. The van der Waals surface area contributed by atoms with Crippen LogP contribution >= 0.6 is 0 Å². The standard InChI is InChI=1S/C18H16N2O/c1-21-14-7-8-15-12(9-14)10-16-17(15)11-19-18(16)20-13-5-3-2-4-6-13/h2-9H,10-11H2,1H3,(H,19,20). The summed E-state index contributed by atoms with van der Waals surface area (Å²) in [4.78, 5) is 4.66. The number of anilines is 1. The molecule has 2 aliphatic rings. The minimum absolute atomic E-state index is 0.768. The predicted molar refractivity (Wildman–Crippen MR) is 86.0 cm³/mol. The van der Waals surface area contributed by atoms with E-state index in [1.807, 2.05) is 24.3 Å². The summed E-state index contributed by atoms with van der Waals surface area (Å²) < 4.78 is 5.32. The van der Waals surface area contributed by atoms with Crippen molar-refractivity contribution in [2.45, 2.75) is 6.42 Å². The molecule has 1 aliphatic carbocycles. The lowest BCUT2D eigenvalue weighted by atomic mass is 10.1. The van der Waals surface area contributed by atoms with Crippen LogP contribution in [0.25, 0.3) is 5.57 Å². The highest BCUT2D eigenvalue weighted by Crippen LogP contribution is 2.38. The van der Waals surface area contributed by atoms with Crippen molar-refractivity contribution in [2.24, 2.45) is 4.99 Å². The number of fused-ring (bicyclic) bond motifs is 2. The van der Waals surface area contributed by atoms with E-state index < -0.39 is 0 Å². The fraction of sp³-hybridized carbons (Fsp3) is 0.167. The SMILES string of the molecule is COc1ccc2c(c1)CC1=C2CN=C1Nc1ccccc1. The molecule has 3 heteroatoms. The molecular weight excluding hydrogens is 260 g/mol. The van der Waals surface area contributed by atoms with Gasteiger partial charge < -0.3 is 10.1 Å². The molecule has 1 N–H and O–H groups in total. The number of ether oxygens (including phenoxy) is 1. The number of aliphatic imine (C=N–C) groups is 1. The van der Waals surface area contributed by atoms with Gasteiger partial charge in [0, 0.05) is 17.7 Å². The molecule has 1 heterocycles. The van der Waals surface area contributed by atoms with Crippen LogP contribution in [0, 0.1) is 0 Å². The first-order valence-corrected chi connectivity index (χ1v) is 7.11. The van der Waals surface area contributed by atoms with Crippen LogP contribution in [-0.4, -0.2) is 19.5 Å². The van der Waals surface area contributed by atoms with Crippen molar-refractivity contribution >= 4 is 17.1 Å². The van der Waals surface area contributed by atoms with Gasteiger partial charge in [-0.05, 0) is 41.0 Å². The van der Waals surface area contributed by atoms with E-state index in [1.54, 1.807) is 7.11 Å². The molecule has 0 saturated carbocycles. The van der Waals surface area contributed by atoms with Gasteiger partial charge in [0.25, 0.3) is 0 Å². The second kappa shape index (κ2) is 4.77. The third-order valence-electron chi connectivity index (χ3n) is 4.09. The molecule has 0 bridgehead atoms. The van der Waals surface area contributed by atoms with Crippen LogP contribution in [0.15, 0.2) is 59.1 Å². The average molecular weight is 276 g/mol. The summed E-state index contributed by atoms with van der Waals surface area (Å²) in [6.45, 7) is 0.768. The van der Waals surface area contributed by atoms with Gasteiger partial charge in [0.1, 0.15) is 11.6 Å². The molecule has 0 atom stereocenters. The summed E-state index contributed by atoms with van der Waals surface area (Å²) in [5.74, 6) is 1.93. The maximum absolute atomic E-state index is 5.32. The van der Waals surface area contributed by atoms with Crippen molar-refractivity contribution in [1.29, 1.82) is 0 Å². The van der Waals surface area contributed by atoms with Gasteiger partial charge in [-0.3, -0.25) is 4.99 Å². The Hall–Kier alpha value is -2.55.